The molecule has 1 heterocycles. The van der Waals surface area contributed by atoms with Gasteiger partial charge in [-0.25, -0.2) is 9.78 Å². The van der Waals surface area contributed by atoms with Crippen molar-refractivity contribution in [1.82, 2.24) is 4.98 Å². The number of aromatic nitrogens is 1. The first kappa shape index (κ1) is 19.1. The lowest BCUT2D eigenvalue weighted by molar-refractivity contribution is -0.147. The number of thiazole rings is 1. The number of carbonyl (C=O) groups is 2. The summed E-state index contributed by atoms with van der Waals surface area (Å²) >= 11 is 7.60. The zero-order chi connectivity index (χ0) is 19.2. The molecule has 2 aromatic carbocycles. The van der Waals surface area contributed by atoms with Gasteiger partial charge in [-0.1, -0.05) is 29.8 Å². The molecule has 0 fully saturated rings. The zero-order valence-corrected chi connectivity index (χ0v) is 16.0. The Balaban J connectivity index is 1.49. The molecule has 1 aromatic heterocycles. The van der Waals surface area contributed by atoms with E-state index in [0.29, 0.717) is 22.0 Å². The first-order valence-electron chi connectivity index (χ1n) is 8.11. The number of benzene rings is 2. The molecule has 0 amide bonds. The molecule has 0 atom stereocenters. The van der Waals surface area contributed by atoms with Gasteiger partial charge in [0.05, 0.1) is 10.7 Å². The molecule has 3 rings (SSSR count). The second-order valence-electron chi connectivity index (χ2n) is 5.65. The summed E-state index contributed by atoms with van der Waals surface area (Å²) in [6.07, 6.45) is 0. The van der Waals surface area contributed by atoms with Gasteiger partial charge in [0.15, 0.2) is 12.4 Å². The van der Waals surface area contributed by atoms with Crippen molar-refractivity contribution in [2.75, 3.05) is 6.61 Å². The van der Waals surface area contributed by atoms with E-state index in [-0.39, 0.29) is 19.0 Å². The SMILES string of the molecule is CC(=O)c1ccc(OCC(=O)OCc2csc(-c3ccccc3Cl)n2)cc1. The number of Topliss-reactive ketones (excluding diaryl/α,β-unsaturated/α-hetero) is 1. The van der Waals surface area contributed by atoms with E-state index in [1.807, 2.05) is 23.6 Å². The van der Waals surface area contributed by atoms with E-state index in [1.54, 1.807) is 30.3 Å². The van der Waals surface area contributed by atoms with E-state index in [2.05, 4.69) is 4.98 Å². The predicted octanol–water partition coefficient (Wildman–Crippen LogP) is 4.79. The lowest BCUT2D eigenvalue weighted by Crippen LogP contribution is -2.14. The normalized spacial score (nSPS) is 10.4. The van der Waals surface area contributed by atoms with Crippen molar-refractivity contribution < 1.29 is 19.1 Å². The summed E-state index contributed by atoms with van der Waals surface area (Å²) in [4.78, 5) is 27.5. The Bertz CT molecular complexity index is 953. The Morgan fingerprint density at radius 2 is 1.85 bits per heavy atom. The van der Waals surface area contributed by atoms with Crippen LogP contribution in [0.5, 0.6) is 5.75 Å². The number of hydrogen-bond donors (Lipinski definition) is 0. The van der Waals surface area contributed by atoms with Gasteiger partial charge in [-0.3, -0.25) is 4.79 Å². The van der Waals surface area contributed by atoms with Crippen molar-refractivity contribution in [3.63, 3.8) is 0 Å². The molecule has 0 saturated heterocycles. The number of rotatable bonds is 7. The van der Waals surface area contributed by atoms with Crippen LogP contribution in [0.15, 0.2) is 53.9 Å². The quantitative estimate of drug-likeness (QED) is 0.420. The van der Waals surface area contributed by atoms with E-state index >= 15 is 0 Å². The predicted molar refractivity (Wildman–Crippen MR) is 104 cm³/mol. The highest BCUT2D eigenvalue weighted by molar-refractivity contribution is 7.13. The Morgan fingerprint density at radius 1 is 1.11 bits per heavy atom. The van der Waals surface area contributed by atoms with Crippen molar-refractivity contribution in [1.29, 1.82) is 0 Å². The molecule has 0 saturated carbocycles. The van der Waals surface area contributed by atoms with E-state index in [1.165, 1.54) is 18.3 Å². The second kappa shape index (κ2) is 8.79. The molecule has 0 N–H and O–H groups in total. The van der Waals surface area contributed by atoms with Gasteiger partial charge in [0.1, 0.15) is 17.4 Å². The molecule has 0 bridgehead atoms. The molecule has 0 aliphatic rings. The third kappa shape index (κ3) is 5.15. The first-order chi connectivity index (χ1) is 13.0. The van der Waals surface area contributed by atoms with Crippen LogP contribution in [0.25, 0.3) is 10.6 Å². The summed E-state index contributed by atoms with van der Waals surface area (Å²) in [5, 5.41) is 3.22. The monoisotopic (exact) mass is 401 g/mol. The van der Waals surface area contributed by atoms with Gasteiger partial charge in [-0.15, -0.1) is 11.3 Å². The van der Waals surface area contributed by atoms with E-state index < -0.39 is 5.97 Å². The third-order valence-corrected chi connectivity index (χ3v) is 4.91. The fourth-order valence-electron chi connectivity index (χ4n) is 2.26. The summed E-state index contributed by atoms with van der Waals surface area (Å²) in [5.41, 5.74) is 2.08. The minimum Gasteiger partial charge on any atom is -0.482 e. The van der Waals surface area contributed by atoms with Crippen LogP contribution in [0.2, 0.25) is 5.02 Å². The second-order valence-corrected chi connectivity index (χ2v) is 6.92. The van der Waals surface area contributed by atoms with Gasteiger partial charge in [0.25, 0.3) is 0 Å². The lowest BCUT2D eigenvalue weighted by atomic mass is 10.1. The van der Waals surface area contributed by atoms with Crippen LogP contribution in [0.3, 0.4) is 0 Å². The van der Waals surface area contributed by atoms with Crippen LogP contribution in [-0.2, 0) is 16.1 Å². The maximum atomic E-state index is 11.8. The van der Waals surface area contributed by atoms with Crippen LogP contribution >= 0.6 is 22.9 Å². The Labute approximate surface area is 165 Å². The Kier molecular flexibility index (Phi) is 6.21. The highest BCUT2D eigenvalue weighted by Crippen LogP contribution is 2.30. The molecule has 0 spiro atoms. The number of ether oxygens (including phenoxy) is 2. The van der Waals surface area contributed by atoms with E-state index in [4.69, 9.17) is 21.1 Å². The molecule has 0 aliphatic carbocycles. The maximum Gasteiger partial charge on any atom is 0.344 e. The van der Waals surface area contributed by atoms with Crippen molar-refractivity contribution in [3.05, 3.63) is 70.2 Å². The number of hydrogen-bond acceptors (Lipinski definition) is 6. The van der Waals surface area contributed by atoms with Crippen LogP contribution in [0.1, 0.15) is 23.0 Å². The molecule has 0 aliphatic heterocycles. The average molecular weight is 402 g/mol. The molecule has 3 aromatic rings. The number of nitrogens with zero attached hydrogens (tertiary/aromatic N) is 1. The fourth-order valence-corrected chi connectivity index (χ4v) is 3.38. The van der Waals surface area contributed by atoms with Gasteiger partial charge in [0, 0.05) is 16.5 Å². The smallest absolute Gasteiger partial charge is 0.344 e. The Hall–Kier alpha value is -2.70. The average Bonchev–Trinajstić information content (AvgIpc) is 3.14. The van der Waals surface area contributed by atoms with Gasteiger partial charge >= 0.3 is 5.97 Å². The van der Waals surface area contributed by atoms with Gasteiger partial charge in [-0.05, 0) is 37.3 Å². The standard InChI is InChI=1S/C20H16ClNO4S/c1-13(23)14-6-8-16(9-7-14)25-11-19(24)26-10-15-12-27-20(22-15)17-4-2-3-5-18(17)21/h2-9,12H,10-11H2,1H3. The molecular formula is C20H16ClNO4S. The molecule has 0 unspecified atom stereocenters. The van der Waals surface area contributed by atoms with Crippen molar-refractivity contribution in [3.8, 4) is 16.3 Å². The molecule has 27 heavy (non-hydrogen) atoms. The van der Waals surface area contributed by atoms with Crippen LogP contribution < -0.4 is 4.74 Å². The summed E-state index contributed by atoms with van der Waals surface area (Å²) in [6.45, 7) is 1.33. The summed E-state index contributed by atoms with van der Waals surface area (Å²) in [5.74, 6) is -0.0371. The lowest BCUT2D eigenvalue weighted by Gasteiger charge is -2.06. The zero-order valence-electron chi connectivity index (χ0n) is 14.5. The van der Waals surface area contributed by atoms with Crippen molar-refractivity contribution >= 4 is 34.7 Å². The first-order valence-corrected chi connectivity index (χ1v) is 9.37. The van der Waals surface area contributed by atoms with Gasteiger partial charge in [-0.2, -0.15) is 0 Å². The van der Waals surface area contributed by atoms with Crippen molar-refractivity contribution in [2.24, 2.45) is 0 Å². The summed E-state index contributed by atoms with van der Waals surface area (Å²) in [7, 11) is 0. The summed E-state index contributed by atoms with van der Waals surface area (Å²) < 4.78 is 10.5. The molecule has 5 nitrogen and oxygen atoms in total. The van der Waals surface area contributed by atoms with E-state index in [9.17, 15) is 9.59 Å². The number of halogens is 1. The number of carbonyl (C=O) groups excluding carboxylic acids is 2. The molecule has 0 radical (unpaired) electrons. The summed E-state index contributed by atoms with van der Waals surface area (Å²) in [6, 6.07) is 14.0. The van der Waals surface area contributed by atoms with Crippen LogP contribution in [-0.4, -0.2) is 23.3 Å². The minimum absolute atomic E-state index is 0.0274. The topological polar surface area (TPSA) is 65.5 Å². The fraction of sp³-hybridized carbons (Fsp3) is 0.150. The van der Waals surface area contributed by atoms with Gasteiger partial charge < -0.3 is 9.47 Å². The number of esters is 1. The molecule has 138 valence electrons. The number of ketones is 1. The highest BCUT2D eigenvalue weighted by Gasteiger charge is 2.10. The maximum absolute atomic E-state index is 11.8. The van der Waals surface area contributed by atoms with Crippen molar-refractivity contribution in [2.45, 2.75) is 13.5 Å². The van der Waals surface area contributed by atoms with E-state index in [0.717, 1.165) is 10.6 Å². The third-order valence-electron chi connectivity index (χ3n) is 3.65. The molecular weight excluding hydrogens is 386 g/mol. The van der Waals surface area contributed by atoms with Gasteiger partial charge in [0.2, 0.25) is 0 Å². The molecule has 7 heteroatoms. The minimum atomic E-state index is -0.502. The highest BCUT2D eigenvalue weighted by atomic mass is 35.5. The largest absolute Gasteiger partial charge is 0.482 e. The van der Waals surface area contributed by atoms with Crippen LogP contribution in [0, 0.1) is 0 Å². The van der Waals surface area contributed by atoms with Crippen LogP contribution in [0.4, 0.5) is 0 Å². The Morgan fingerprint density at radius 3 is 2.56 bits per heavy atom.